The van der Waals surface area contributed by atoms with E-state index in [-0.39, 0.29) is 11.6 Å². The molecule has 0 amide bonds. The molecule has 2 atom stereocenters. The summed E-state index contributed by atoms with van der Waals surface area (Å²) >= 11 is 0. The third-order valence-electron chi connectivity index (χ3n) is 3.66. The van der Waals surface area contributed by atoms with Crippen molar-refractivity contribution >= 4 is 5.97 Å². The molecule has 15 heavy (non-hydrogen) atoms. The first-order chi connectivity index (χ1) is 7.07. The molecule has 0 aromatic carbocycles. The van der Waals surface area contributed by atoms with E-state index in [1.165, 1.54) is 18.9 Å². The highest BCUT2D eigenvalue weighted by molar-refractivity contribution is 5.67. The lowest BCUT2D eigenvalue weighted by Crippen LogP contribution is -2.20. The summed E-state index contributed by atoms with van der Waals surface area (Å²) in [5.74, 6) is 1.17. The molecule has 2 rings (SSSR count). The van der Waals surface area contributed by atoms with Crippen molar-refractivity contribution in [3.05, 3.63) is 11.6 Å². The molecule has 84 valence electrons. The maximum atomic E-state index is 11.0. The Bertz CT molecular complexity index is 300. The minimum Gasteiger partial charge on any atom is -0.459 e. The molecule has 2 aliphatic rings. The first kappa shape index (κ1) is 10.7. The maximum absolute atomic E-state index is 11.0. The van der Waals surface area contributed by atoms with Gasteiger partial charge in [-0.2, -0.15) is 0 Å². The maximum Gasteiger partial charge on any atom is 0.303 e. The Kier molecular flexibility index (Phi) is 2.61. The molecule has 0 aliphatic heterocycles. The summed E-state index contributed by atoms with van der Waals surface area (Å²) in [6.07, 6.45) is 6.86. The van der Waals surface area contributed by atoms with Crippen LogP contribution >= 0.6 is 0 Å². The largest absolute Gasteiger partial charge is 0.459 e. The number of hydrogen-bond donors (Lipinski definition) is 0. The normalized spacial score (nSPS) is 32.3. The predicted octanol–water partition coefficient (Wildman–Crippen LogP) is 3.07. The number of carbonyl (C=O) groups excluding carboxylic acids is 1. The first-order valence-corrected chi connectivity index (χ1v) is 5.94. The average molecular weight is 208 g/mol. The van der Waals surface area contributed by atoms with Crippen LogP contribution in [0.25, 0.3) is 0 Å². The lowest BCUT2D eigenvalue weighted by atomic mass is 10.1. The van der Waals surface area contributed by atoms with Crippen LogP contribution in [0, 0.1) is 11.8 Å². The zero-order valence-corrected chi connectivity index (χ0v) is 9.88. The van der Waals surface area contributed by atoms with Crippen LogP contribution < -0.4 is 0 Å². The van der Waals surface area contributed by atoms with Crippen molar-refractivity contribution in [3.63, 3.8) is 0 Å². The summed E-state index contributed by atoms with van der Waals surface area (Å²) in [5.41, 5.74) is 1.40. The van der Waals surface area contributed by atoms with Gasteiger partial charge in [0.1, 0.15) is 5.60 Å². The summed E-state index contributed by atoms with van der Waals surface area (Å²) in [6.45, 7) is 5.88. The van der Waals surface area contributed by atoms with Gasteiger partial charge in [-0.15, -0.1) is 0 Å². The Morgan fingerprint density at radius 3 is 2.60 bits per heavy atom. The lowest BCUT2D eigenvalue weighted by Gasteiger charge is -2.14. The zero-order chi connectivity index (χ0) is 11.1. The Hall–Kier alpha value is -0.790. The van der Waals surface area contributed by atoms with Crippen molar-refractivity contribution in [2.45, 2.75) is 52.1 Å². The van der Waals surface area contributed by atoms with Crippen molar-refractivity contribution in [2.24, 2.45) is 11.8 Å². The molecule has 2 heteroatoms. The molecular formula is C13H20O2. The van der Waals surface area contributed by atoms with Gasteiger partial charge in [0.2, 0.25) is 0 Å². The van der Waals surface area contributed by atoms with Gasteiger partial charge in [-0.05, 0) is 38.5 Å². The van der Waals surface area contributed by atoms with E-state index in [0.717, 1.165) is 19.3 Å². The van der Waals surface area contributed by atoms with E-state index in [1.54, 1.807) is 0 Å². The number of esters is 1. The molecule has 2 fully saturated rings. The molecule has 0 bridgehead atoms. The Morgan fingerprint density at radius 2 is 2.13 bits per heavy atom. The van der Waals surface area contributed by atoms with Crippen LogP contribution in [0.5, 0.6) is 0 Å². The van der Waals surface area contributed by atoms with Gasteiger partial charge in [0.15, 0.2) is 0 Å². The molecule has 2 aliphatic carbocycles. The highest BCUT2D eigenvalue weighted by Crippen LogP contribution is 2.60. The van der Waals surface area contributed by atoms with Crippen molar-refractivity contribution in [2.75, 3.05) is 0 Å². The molecule has 2 nitrogen and oxygen atoms in total. The molecule has 0 aromatic heterocycles. The minimum atomic E-state index is -0.116. The topological polar surface area (TPSA) is 26.3 Å². The standard InChI is InChI=1S/C13H20O2/c1-4-9(2)7-11-8-12(11)13(5-6-13)15-10(3)14/h7,11-12H,4-6,8H2,1-3H3/b9-7+. The van der Waals surface area contributed by atoms with E-state index in [9.17, 15) is 4.79 Å². The summed E-state index contributed by atoms with van der Waals surface area (Å²) in [4.78, 5) is 11.0. The van der Waals surface area contributed by atoms with Gasteiger partial charge < -0.3 is 4.74 Å². The van der Waals surface area contributed by atoms with Crippen molar-refractivity contribution in [1.29, 1.82) is 0 Å². The van der Waals surface area contributed by atoms with Gasteiger partial charge in [0.05, 0.1) is 0 Å². The summed E-state index contributed by atoms with van der Waals surface area (Å²) in [7, 11) is 0. The highest BCUT2D eigenvalue weighted by Gasteiger charge is 2.61. The fourth-order valence-electron chi connectivity index (χ4n) is 2.45. The van der Waals surface area contributed by atoms with Crippen LogP contribution in [0.2, 0.25) is 0 Å². The van der Waals surface area contributed by atoms with Crippen LogP contribution in [0.15, 0.2) is 11.6 Å². The van der Waals surface area contributed by atoms with Crippen LogP contribution in [-0.2, 0) is 9.53 Å². The summed E-state index contributed by atoms with van der Waals surface area (Å²) in [5, 5.41) is 0. The SMILES string of the molecule is CC/C(C)=C/C1CC1C1(OC(C)=O)CC1. The van der Waals surface area contributed by atoms with E-state index in [4.69, 9.17) is 4.74 Å². The fraction of sp³-hybridized carbons (Fsp3) is 0.769. The smallest absolute Gasteiger partial charge is 0.303 e. The van der Waals surface area contributed by atoms with Gasteiger partial charge in [0, 0.05) is 12.8 Å². The van der Waals surface area contributed by atoms with Crippen molar-refractivity contribution < 1.29 is 9.53 Å². The second kappa shape index (κ2) is 3.66. The van der Waals surface area contributed by atoms with E-state index in [0.29, 0.717) is 11.8 Å². The molecule has 0 aromatic rings. The minimum absolute atomic E-state index is 0.0545. The van der Waals surface area contributed by atoms with Crippen molar-refractivity contribution in [3.8, 4) is 0 Å². The molecule has 2 saturated carbocycles. The number of rotatable bonds is 4. The van der Waals surface area contributed by atoms with E-state index in [2.05, 4.69) is 19.9 Å². The van der Waals surface area contributed by atoms with Crippen molar-refractivity contribution in [1.82, 2.24) is 0 Å². The second-order valence-electron chi connectivity index (χ2n) is 5.03. The molecular weight excluding hydrogens is 188 g/mol. The van der Waals surface area contributed by atoms with Gasteiger partial charge in [-0.25, -0.2) is 0 Å². The number of ether oxygens (including phenoxy) is 1. The predicted molar refractivity (Wildman–Crippen MR) is 59.4 cm³/mol. The van der Waals surface area contributed by atoms with E-state index in [1.807, 2.05) is 0 Å². The highest BCUT2D eigenvalue weighted by atomic mass is 16.6. The first-order valence-electron chi connectivity index (χ1n) is 5.94. The van der Waals surface area contributed by atoms with Gasteiger partial charge in [-0.3, -0.25) is 4.79 Å². The van der Waals surface area contributed by atoms with E-state index >= 15 is 0 Å². The van der Waals surface area contributed by atoms with Gasteiger partial charge >= 0.3 is 5.97 Å². The Morgan fingerprint density at radius 1 is 1.47 bits per heavy atom. The third kappa shape index (κ3) is 2.24. The molecule has 0 saturated heterocycles. The molecule has 0 N–H and O–H groups in total. The zero-order valence-electron chi connectivity index (χ0n) is 9.88. The summed E-state index contributed by atoms with van der Waals surface area (Å²) < 4.78 is 5.45. The van der Waals surface area contributed by atoms with E-state index < -0.39 is 0 Å². The average Bonchev–Trinajstić information content (AvgIpc) is 3.00. The quantitative estimate of drug-likeness (QED) is 0.524. The molecule has 0 heterocycles. The number of carbonyl (C=O) groups is 1. The second-order valence-corrected chi connectivity index (χ2v) is 5.03. The third-order valence-corrected chi connectivity index (χ3v) is 3.66. The number of hydrogen-bond acceptors (Lipinski definition) is 2. The molecule has 2 unspecified atom stereocenters. The van der Waals surface area contributed by atoms with Crippen LogP contribution in [0.3, 0.4) is 0 Å². The number of allylic oxidation sites excluding steroid dienone is 2. The molecule has 0 spiro atoms. The lowest BCUT2D eigenvalue weighted by molar-refractivity contribution is -0.149. The Balaban J connectivity index is 1.91. The van der Waals surface area contributed by atoms with Gasteiger partial charge in [-0.1, -0.05) is 18.6 Å². The van der Waals surface area contributed by atoms with Gasteiger partial charge in [0.25, 0.3) is 0 Å². The molecule has 0 radical (unpaired) electrons. The summed E-state index contributed by atoms with van der Waals surface area (Å²) in [6, 6.07) is 0. The van der Waals surface area contributed by atoms with Crippen LogP contribution in [0.1, 0.15) is 46.5 Å². The Labute approximate surface area is 91.7 Å². The fourth-order valence-corrected chi connectivity index (χ4v) is 2.45. The van der Waals surface area contributed by atoms with Crippen LogP contribution in [-0.4, -0.2) is 11.6 Å². The van der Waals surface area contributed by atoms with Crippen LogP contribution in [0.4, 0.5) is 0 Å². The monoisotopic (exact) mass is 208 g/mol.